The molecule has 2 rings (SSSR count). The first-order chi connectivity index (χ1) is 9.49. The van der Waals surface area contributed by atoms with E-state index in [1.165, 1.54) is 32.6 Å². The van der Waals surface area contributed by atoms with Crippen LogP contribution in [0.15, 0.2) is 12.1 Å². The topological polar surface area (TPSA) is 0 Å². The van der Waals surface area contributed by atoms with E-state index in [0.29, 0.717) is 23.5 Å². The average Bonchev–Trinajstić information content (AvgIpc) is 2.41. The predicted molar refractivity (Wildman–Crippen MR) is 75.5 cm³/mol. The number of benzene rings is 1. The molecule has 20 heavy (non-hydrogen) atoms. The van der Waals surface area contributed by atoms with Gasteiger partial charge in [0.1, 0.15) is 5.82 Å². The Balaban J connectivity index is 2.04. The molecule has 1 aliphatic carbocycles. The Bertz CT molecular complexity index is 446. The Hall–Kier alpha value is -0.990. The van der Waals surface area contributed by atoms with E-state index in [0.717, 1.165) is 12.3 Å². The van der Waals surface area contributed by atoms with Crippen molar-refractivity contribution in [1.82, 2.24) is 0 Å². The summed E-state index contributed by atoms with van der Waals surface area (Å²) in [4.78, 5) is 0. The van der Waals surface area contributed by atoms with Crippen molar-refractivity contribution in [1.29, 1.82) is 0 Å². The molecule has 0 heterocycles. The Morgan fingerprint density at radius 1 is 1.15 bits per heavy atom. The number of hydrogen-bond acceptors (Lipinski definition) is 0. The van der Waals surface area contributed by atoms with Crippen LogP contribution in [0.3, 0.4) is 0 Å². The third-order valence-electron chi connectivity index (χ3n) is 4.64. The molecule has 0 aromatic heterocycles. The molecule has 1 fully saturated rings. The highest BCUT2D eigenvalue weighted by molar-refractivity contribution is 5.34. The highest BCUT2D eigenvalue weighted by Crippen LogP contribution is 2.33. The van der Waals surface area contributed by atoms with Gasteiger partial charge >= 0.3 is 0 Å². The molecule has 0 radical (unpaired) electrons. The summed E-state index contributed by atoms with van der Waals surface area (Å²) >= 11 is 0. The molecule has 3 heteroatoms. The monoisotopic (exact) mass is 284 g/mol. The summed E-state index contributed by atoms with van der Waals surface area (Å²) in [5, 5.41) is 0. The Labute approximate surface area is 119 Å². The van der Waals surface area contributed by atoms with Gasteiger partial charge in [0.25, 0.3) is 6.43 Å². The van der Waals surface area contributed by atoms with Crippen molar-refractivity contribution < 1.29 is 13.2 Å². The molecule has 0 N–H and O–H groups in total. The van der Waals surface area contributed by atoms with Gasteiger partial charge in [-0.25, -0.2) is 13.2 Å². The summed E-state index contributed by atoms with van der Waals surface area (Å²) in [7, 11) is 0. The van der Waals surface area contributed by atoms with Crippen molar-refractivity contribution in [2.45, 2.75) is 58.8 Å². The van der Waals surface area contributed by atoms with Gasteiger partial charge in [0.15, 0.2) is 0 Å². The lowest BCUT2D eigenvalue weighted by atomic mass is 9.80. The van der Waals surface area contributed by atoms with E-state index in [2.05, 4.69) is 6.92 Å². The SMILES string of the molecule is Cc1ccc(CCC2CCC(C)CC2)c(C(F)F)c1F. The first-order valence-electron chi connectivity index (χ1n) is 7.55. The molecule has 1 saturated carbocycles. The largest absolute Gasteiger partial charge is 0.266 e. The molecule has 0 saturated heterocycles. The highest BCUT2D eigenvalue weighted by Gasteiger charge is 2.22. The summed E-state index contributed by atoms with van der Waals surface area (Å²) < 4.78 is 39.9. The summed E-state index contributed by atoms with van der Waals surface area (Å²) in [6.07, 6.45) is 3.56. The minimum Gasteiger partial charge on any atom is -0.206 e. The van der Waals surface area contributed by atoms with Crippen LogP contribution in [0.5, 0.6) is 0 Å². The summed E-state index contributed by atoms with van der Waals surface area (Å²) in [5.74, 6) is 0.676. The second kappa shape index (κ2) is 6.64. The lowest BCUT2D eigenvalue weighted by molar-refractivity contribution is 0.144. The van der Waals surface area contributed by atoms with E-state index in [1.807, 2.05) is 0 Å². The van der Waals surface area contributed by atoms with Crippen LogP contribution >= 0.6 is 0 Å². The molecule has 0 aliphatic heterocycles. The first-order valence-corrected chi connectivity index (χ1v) is 7.55. The standard InChI is InChI=1S/C17H23F3/c1-11-3-6-13(7-4-11)8-10-14-9-5-12(2)16(18)15(14)17(19)20/h5,9,11,13,17H,3-4,6-8,10H2,1-2H3. The van der Waals surface area contributed by atoms with E-state index in [9.17, 15) is 13.2 Å². The second-order valence-corrected chi connectivity index (χ2v) is 6.23. The molecule has 1 aromatic carbocycles. The van der Waals surface area contributed by atoms with Crippen LogP contribution in [-0.2, 0) is 6.42 Å². The number of hydrogen-bond donors (Lipinski definition) is 0. The summed E-state index contributed by atoms with van der Waals surface area (Å²) in [6.45, 7) is 3.80. The Morgan fingerprint density at radius 3 is 2.40 bits per heavy atom. The zero-order valence-electron chi connectivity index (χ0n) is 12.3. The fourth-order valence-electron chi connectivity index (χ4n) is 3.17. The van der Waals surface area contributed by atoms with Gasteiger partial charge in [-0.3, -0.25) is 0 Å². The fraction of sp³-hybridized carbons (Fsp3) is 0.647. The average molecular weight is 284 g/mol. The first kappa shape index (κ1) is 15.4. The lowest BCUT2D eigenvalue weighted by Gasteiger charge is -2.26. The van der Waals surface area contributed by atoms with Crippen molar-refractivity contribution in [3.8, 4) is 0 Å². The number of aryl methyl sites for hydroxylation is 2. The maximum atomic E-state index is 13.8. The summed E-state index contributed by atoms with van der Waals surface area (Å²) in [6, 6.07) is 3.28. The number of alkyl halides is 2. The van der Waals surface area contributed by atoms with E-state index >= 15 is 0 Å². The van der Waals surface area contributed by atoms with Crippen LogP contribution in [0.1, 0.15) is 62.1 Å². The lowest BCUT2D eigenvalue weighted by Crippen LogP contribution is -2.13. The maximum Gasteiger partial charge on any atom is 0.266 e. The minimum atomic E-state index is -2.73. The molecule has 0 unspecified atom stereocenters. The van der Waals surface area contributed by atoms with Crippen LogP contribution in [0.2, 0.25) is 0 Å². The Kier molecular flexibility index (Phi) is 5.11. The van der Waals surface area contributed by atoms with Gasteiger partial charge in [-0.15, -0.1) is 0 Å². The van der Waals surface area contributed by atoms with Crippen LogP contribution in [0, 0.1) is 24.6 Å². The van der Waals surface area contributed by atoms with Gasteiger partial charge in [-0.2, -0.15) is 0 Å². The van der Waals surface area contributed by atoms with Gasteiger partial charge in [0, 0.05) is 0 Å². The quantitative estimate of drug-likeness (QED) is 0.652. The molecule has 112 valence electrons. The van der Waals surface area contributed by atoms with Crippen molar-refractivity contribution in [2.24, 2.45) is 11.8 Å². The van der Waals surface area contributed by atoms with E-state index in [-0.39, 0.29) is 5.56 Å². The van der Waals surface area contributed by atoms with Gasteiger partial charge in [-0.05, 0) is 42.7 Å². The third-order valence-corrected chi connectivity index (χ3v) is 4.64. The maximum absolute atomic E-state index is 13.8. The molecule has 0 nitrogen and oxygen atoms in total. The molecular formula is C17H23F3. The van der Waals surface area contributed by atoms with Crippen LogP contribution < -0.4 is 0 Å². The molecule has 0 spiro atoms. The molecular weight excluding hydrogens is 261 g/mol. The third kappa shape index (κ3) is 3.56. The minimum absolute atomic E-state index is 0.301. The van der Waals surface area contributed by atoms with E-state index in [4.69, 9.17) is 0 Å². The van der Waals surface area contributed by atoms with Crippen molar-refractivity contribution >= 4 is 0 Å². The van der Waals surface area contributed by atoms with Gasteiger partial charge < -0.3 is 0 Å². The molecule has 0 amide bonds. The van der Waals surface area contributed by atoms with Crippen molar-refractivity contribution in [3.63, 3.8) is 0 Å². The van der Waals surface area contributed by atoms with Crippen molar-refractivity contribution in [2.75, 3.05) is 0 Å². The van der Waals surface area contributed by atoms with Gasteiger partial charge in [0.2, 0.25) is 0 Å². The predicted octanol–water partition coefficient (Wildman–Crippen LogP) is 5.83. The van der Waals surface area contributed by atoms with E-state index in [1.54, 1.807) is 12.1 Å². The van der Waals surface area contributed by atoms with Crippen molar-refractivity contribution in [3.05, 3.63) is 34.6 Å². The highest BCUT2D eigenvalue weighted by atomic mass is 19.3. The van der Waals surface area contributed by atoms with Crippen LogP contribution in [0.4, 0.5) is 13.2 Å². The molecule has 1 aliphatic rings. The number of halogens is 3. The van der Waals surface area contributed by atoms with Gasteiger partial charge in [0.05, 0.1) is 5.56 Å². The number of rotatable bonds is 4. The zero-order valence-corrected chi connectivity index (χ0v) is 12.3. The molecule has 1 aromatic rings. The van der Waals surface area contributed by atoms with Crippen LogP contribution in [-0.4, -0.2) is 0 Å². The smallest absolute Gasteiger partial charge is 0.206 e. The normalized spacial score (nSPS) is 23.3. The molecule has 0 atom stereocenters. The summed E-state index contributed by atoms with van der Waals surface area (Å²) in [5.41, 5.74) is 0.409. The molecule has 0 bridgehead atoms. The second-order valence-electron chi connectivity index (χ2n) is 6.23. The Morgan fingerprint density at radius 2 is 1.80 bits per heavy atom. The van der Waals surface area contributed by atoms with Gasteiger partial charge in [-0.1, -0.05) is 44.7 Å². The zero-order chi connectivity index (χ0) is 14.7. The fourth-order valence-corrected chi connectivity index (χ4v) is 3.17. The van der Waals surface area contributed by atoms with E-state index < -0.39 is 12.2 Å². The van der Waals surface area contributed by atoms with Crippen LogP contribution in [0.25, 0.3) is 0 Å².